The molecular formula is C14H18N2O2. The number of aliphatic hydroxyl groups excluding tert-OH is 1. The molecule has 3 N–H and O–H groups in total. The maximum atomic E-state index is 11.2. The molecule has 1 heterocycles. The summed E-state index contributed by atoms with van der Waals surface area (Å²) in [6, 6.07) is 8.16. The zero-order valence-corrected chi connectivity index (χ0v) is 10.5. The number of aliphatic hydroxyl groups is 1. The predicted molar refractivity (Wildman–Crippen MR) is 71.5 cm³/mol. The first kappa shape index (κ1) is 12.6. The Morgan fingerprint density at radius 2 is 2.17 bits per heavy atom. The predicted octanol–water partition coefficient (Wildman–Crippen LogP) is 1.52. The Balaban J connectivity index is 2.03. The van der Waals surface area contributed by atoms with Crippen LogP contribution in [0.3, 0.4) is 0 Å². The summed E-state index contributed by atoms with van der Waals surface area (Å²) in [5.41, 5.74) is 3.52. The van der Waals surface area contributed by atoms with Crippen LogP contribution in [0.2, 0.25) is 0 Å². The highest BCUT2D eigenvalue weighted by Gasteiger charge is 2.07. The number of amides is 1. The number of fused-ring (bicyclic) bond motifs is 1. The number of aromatic nitrogens is 1. The van der Waals surface area contributed by atoms with E-state index in [4.69, 9.17) is 5.11 Å². The van der Waals surface area contributed by atoms with Crippen molar-refractivity contribution in [3.8, 4) is 0 Å². The normalized spacial score (nSPS) is 10.8. The molecule has 0 saturated heterocycles. The van der Waals surface area contributed by atoms with Gasteiger partial charge in [0.15, 0.2) is 0 Å². The van der Waals surface area contributed by atoms with Gasteiger partial charge in [0.25, 0.3) is 0 Å². The third kappa shape index (κ3) is 2.71. The van der Waals surface area contributed by atoms with E-state index in [-0.39, 0.29) is 18.9 Å². The van der Waals surface area contributed by atoms with Crippen LogP contribution in [0.1, 0.15) is 17.7 Å². The van der Waals surface area contributed by atoms with Gasteiger partial charge in [-0.2, -0.15) is 0 Å². The van der Waals surface area contributed by atoms with E-state index >= 15 is 0 Å². The largest absolute Gasteiger partial charge is 0.396 e. The molecule has 0 aliphatic heterocycles. The number of hydrogen-bond acceptors (Lipinski definition) is 2. The van der Waals surface area contributed by atoms with Crippen LogP contribution in [0.4, 0.5) is 0 Å². The molecule has 1 aromatic heterocycles. The molecule has 0 atom stereocenters. The van der Waals surface area contributed by atoms with Crippen molar-refractivity contribution >= 4 is 16.8 Å². The lowest BCUT2D eigenvalue weighted by Crippen LogP contribution is -2.26. The summed E-state index contributed by atoms with van der Waals surface area (Å²) in [6.45, 7) is 2.55. The van der Waals surface area contributed by atoms with E-state index in [2.05, 4.69) is 22.4 Å². The molecule has 0 fully saturated rings. The summed E-state index contributed by atoms with van der Waals surface area (Å²) in [6.07, 6.45) is 0.972. The molecule has 96 valence electrons. The topological polar surface area (TPSA) is 65.1 Å². The van der Waals surface area contributed by atoms with Crippen molar-refractivity contribution in [1.29, 1.82) is 0 Å². The van der Waals surface area contributed by atoms with Crippen molar-refractivity contribution in [3.63, 3.8) is 0 Å². The first-order chi connectivity index (χ1) is 8.72. The second-order valence-electron chi connectivity index (χ2n) is 4.35. The van der Waals surface area contributed by atoms with Crippen LogP contribution < -0.4 is 5.32 Å². The van der Waals surface area contributed by atoms with Gasteiger partial charge < -0.3 is 15.4 Å². The SMILES string of the molecule is Cc1[nH]c2ccccc2c1CCNC(=O)CCO. The molecule has 4 heteroatoms. The number of aromatic amines is 1. The maximum absolute atomic E-state index is 11.2. The van der Waals surface area contributed by atoms with E-state index in [0.717, 1.165) is 17.6 Å². The van der Waals surface area contributed by atoms with E-state index in [0.29, 0.717) is 6.54 Å². The maximum Gasteiger partial charge on any atom is 0.222 e. The molecule has 1 aromatic carbocycles. The third-order valence-corrected chi connectivity index (χ3v) is 3.06. The van der Waals surface area contributed by atoms with Gasteiger partial charge in [-0.15, -0.1) is 0 Å². The number of hydrogen-bond donors (Lipinski definition) is 3. The second-order valence-corrected chi connectivity index (χ2v) is 4.35. The fourth-order valence-electron chi connectivity index (χ4n) is 2.17. The highest BCUT2D eigenvalue weighted by Crippen LogP contribution is 2.21. The van der Waals surface area contributed by atoms with Crippen LogP contribution in [-0.4, -0.2) is 29.1 Å². The van der Waals surface area contributed by atoms with Crippen LogP contribution in [0.5, 0.6) is 0 Å². The minimum Gasteiger partial charge on any atom is -0.396 e. The fraction of sp³-hybridized carbons (Fsp3) is 0.357. The number of carbonyl (C=O) groups is 1. The monoisotopic (exact) mass is 246 g/mol. The van der Waals surface area contributed by atoms with Gasteiger partial charge in [-0.05, 0) is 25.0 Å². The molecular weight excluding hydrogens is 228 g/mol. The van der Waals surface area contributed by atoms with Crippen molar-refractivity contribution in [2.75, 3.05) is 13.2 Å². The molecule has 0 bridgehead atoms. The highest BCUT2D eigenvalue weighted by atomic mass is 16.3. The highest BCUT2D eigenvalue weighted by molar-refractivity contribution is 5.84. The molecule has 0 radical (unpaired) electrons. The summed E-state index contributed by atoms with van der Waals surface area (Å²) < 4.78 is 0. The Kier molecular flexibility index (Phi) is 3.99. The van der Waals surface area contributed by atoms with E-state index in [1.54, 1.807) is 0 Å². The second kappa shape index (κ2) is 5.69. The van der Waals surface area contributed by atoms with Gasteiger partial charge in [0.1, 0.15) is 0 Å². The van der Waals surface area contributed by atoms with Gasteiger partial charge >= 0.3 is 0 Å². The number of benzene rings is 1. The minimum atomic E-state index is -0.102. The summed E-state index contributed by atoms with van der Waals surface area (Å²) in [5.74, 6) is -0.102. The molecule has 2 aromatic rings. The van der Waals surface area contributed by atoms with E-state index in [1.807, 2.05) is 19.1 Å². The van der Waals surface area contributed by atoms with Crippen molar-refractivity contribution in [2.24, 2.45) is 0 Å². The van der Waals surface area contributed by atoms with Gasteiger partial charge in [0, 0.05) is 29.6 Å². The van der Waals surface area contributed by atoms with Crippen LogP contribution in [0.15, 0.2) is 24.3 Å². The number of H-pyrrole nitrogens is 1. The van der Waals surface area contributed by atoms with Crippen molar-refractivity contribution in [2.45, 2.75) is 19.8 Å². The molecule has 0 saturated carbocycles. The lowest BCUT2D eigenvalue weighted by Gasteiger charge is -2.04. The molecule has 1 amide bonds. The van der Waals surface area contributed by atoms with Crippen LogP contribution in [0, 0.1) is 6.92 Å². The summed E-state index contributed by atoms with van der Waals surface area (Å²) in [5, 5.41) is 12.7. The Morgan fingerprint density at radius 3 is 2.94 bits per heavy atom. The average Bonchev–Trinajstić information content (AvgIpc) is 2.66. The molecule has 18 heavy (non-hydrogen) atoms. The zero-order valence-electron chi connectivity index (χ0n) is 10.5. The lowest BCUT2D eigenvalue weighted by molar-refractivity contribution is -0.121. The number of nitrogens with one attached hydrogen (secondary N) is 2. The van der Waals surface area contributed by atoms with Gasteiger partial charge in [0.05, 0.1) is 6.61 Å². The Morgan fingerprint density at radius 1 is 1.39 bits per heavy atom. The third-order valence-electron chi connectivity index (χ3n) is 3.06. The molecule has 4 nitrogen and oxygen atoms in total. The Bertz CT molecular complexity index is 546. The van der Waals surface area contributed by atoms with Gasteiger partial charge in [-0.1, -0.05) is 18.2 Å². The first-order valence-electron chi connectivity index (χ1n) is 6.16. The lowest BCUT2D eigenvalue weighted by atomic mass is 10.1. The van der Waals surface area contributed by atoms with Crippen LogP contribution >= 0.6 is 0 Å². The smallest absolute Gasteiger partial charge is 0.222 e. The standard InChI is InChI=1S/C14H18N2O2/c1-10-11(6-8-15-14(18)7-9-17)12-4-2-3-5-13(12)16-10/h2-5,16-17H,6-9H2,1H3,(H,15,18). The van der Waals surface area contributed by atoms with Gasteiger partial charge in [-0.25, -0.2) is 0 Å². The molecule has 0 aliphatic carbocycles. The van der Waals surface area contributed by atoms with Crippen molar-refractivity contribution in [3.05, 3.63) is 35.5 Å². The number of carbonyl (C=O) groups excluding carboxylic acids is 1. The quantitative estimate of drug-likeness (QED) is 0.749. The average molecular weight is 246 g/mol. The molecule has 0 unspecified atom stereocenters. The van der Waals surface area contributed by atoms with E-state index in [1.165, 1.54) is 10.9 Å². The Labute approximate surface area is 106 Å². The summed E-state index contributed by atoms with van der Waals surface area (Å²) in [4.78, 5) is 14.6. The van der Waals surface area contributed by atoms with Crippen molar-refractivity contribution < 1.29 is 9.90 Å². The first-order valence-corrected chi connectivity index (χ1v) is 6.16. The van der Waals surface area contributed by atoms with Crippen LogP contribution in [-0.2, 0) is 11.2 Å². The minimum absolute atomic E-state index is 0.0993. The fourth-order valence-corrected chi connectivity index (χ4v) is 2.17. The summed E-state index contributed by atoms with van der Waals surface area (Å²) >= 11 is 0. The zero-order chi connectivity index (χ0) is 13.0. The summed E-state index contributed by atoms with van der Waals surface area (Å²) in [7, 11) is 0. The number of rotatable bonds is 5. The van der Waals surface area contributed by atoms with E-state index in [9.17, 15) is 4.79 Å². The molecule has 0 aliphatic rings. The van der Waals surface area contributed by atoms with Crippen molar-refractivity contribution in [1.82, 2.24) is 10.3 Å². The number of aryl methyl sites for hydroxylation is 1. The Hall–Kier alpha value is -1.81. The van der Waals surface area contributed by atoms with Gasteiger partial charge in [0.2, 0.25) is 5.91 Å². The van der Waals surface area contributed by atoms with Crippen LogP contribution in [0.25, 0.3) is 10.9 Å². The van der Waals surface area contributed by atoms with Gasteiger partial charge in [-0.3, -0.25) is 4.79 Å². The number of para-hydroxylation sites is 1. The molecule has 2 rings (SSSR count). The van der Waals surface area contributed by atoms with E-state index < -0.39 is 0 Å². The molecule has 0 spiro atoms.